The highest BCUT2D eigenvalue weighted by Crippen LogP contribution is 2.38. The highest BCUT2D eigenvalue weighted by molar-refractivity contribution is 5.72. The molecule has 1 aliphatic rings. The lowest BCUT2D eigenvalue weighted by Crippen LogP contribution is -2.32. The maximum atomic E-state index is 14.0. The molecule has 0 aromatic carbocycles. The van der Waals surface area contributed by atoms with Gasteiger partial charge in [0, 0.05) is 7.05 Å². The van der Waals surface area contributed by atoms with Crippen LogP contribution < -0.4 is 10.1 Å². The first-order valence-corrected chi connectivity index (χ1v) is 12.4. The molecule has 1 fully saturated rings. The second kappa shape index (κ2) is 11.6. The second-order valence-corrected chi connectivity index (χ2v) is 10.5. The minimum absolute atomic E-state index is 0.0785. The molecule has 210 valence electrons. The standard InChI is InChI=1S/C25H34F3N5O5/c1-14(2)36-22(34)15-8-7-9-16(12-15)37-19-11-10-17(30-21(19)25(26,27)28)20-18(33(6)32-31-20)13-29-23(35)38-24(3,4)5/h10-11,14-16H,7-9,12-13H2,1-6H3,(H,29,35)/t15-,16-/m0/s1. The average molecular weight is 542 g/mol. The fourth-order valence-electron chi connectivity index (χ4n) is 4.09. The Morgan fingerprint density at radius 3 is 2.53 bits per heavy atom. The Labute approximate surface area is 219 Å². The van der Waals surface area contributed by atoms with Crippen LogP contribution in [0.3, 0.4) is 0 Å². The fourth-order valence-corrected chi connectivity index (χ4v) is 4.09. The number of halogens is 3. The monoisotopic (exact) mass is 541 g/mol. The third kappa shape index (κ3) is 7.81. The van der Waals surface area contributed by atoms with Crippen LogP contribution in [-0.2, 0) is 34.0 Å². The van der Waals surface area contributed by atoms with E-state index < -0.39 is 41.3 Å². The van der Waals surface area contributed by atoms with E-state index in [4.69, 9.17) is 14.2 Å². The smallest absolute Gasteiger partial charge is 0.437 e. The minimum atomic E-state index is -4.81. The molecule has 0 unspecified atom stereocenters. The molecule has 0 radical (unpaired) electrons. The molecule has 0 spiro atoms. The van der Waals surface area contributed by atoms with Crippen molar-refractivity contribution in [1.29, 1.82) is 0 Å². The number of alkyl carbamates (subject to hydrolysis) is 1. The van der Waals surface area contributed by atoms with Crippen LogP contribution in [0.25, 0.3) is 11.4 Å². The van der Waals surface area contributed by atoms with Gasteiger partial charge in [-0.05, 0) is 72.4 Å². The van der Waals surface area contributed by atoms with E-state index in [0.717, 1.165) is 0 Å². The Bertz CT molecular complexity index is 1140. The van der Waals surface area contributed by atoms with Crippen LogP contribution in [0.4, 0.5) is 18.0 Å². The number of pyridine rings is 1. The first-order valence-electron chi connectivity index (χ1n) is 12.4. The molecule has 1 amide bonds. The van der Waals surface area contributed by atoms with Crippen molar-refractivity contribution >= 4 is 12.1 Å². The van der Waals surface area contributed by atoms with E-state index in [2.05, 4.69) is 20.6 Å². The van der Waals surface area contributed by atoms with Gasteiger partial charge in [-0.25, -0.2) is 14.5 Å². The van der Waals surface area contributed by atoms with Gasteiger partial charge < -0.3 is 19.5 Å². The molecular formula is C25H34F3N5O5. The summed E-state index contributed by atoms with van der Waals surface area (Å²) in [6.45, 7) is 8.52. The topological polar surface area (TPSA) is 117 Å². The van der Waals surface area contributed by atoms with Crippen LogP contribution in [-0.4, -0.2) is 49.8 Å². The fraction of sp³-hybridized carbons (Fsp3) is 0.640. The predicted molar refractivity (Wildman–Crippen MR) is 130 cm³/mol. The van der Waals surface area contributed by atoms with E-state index in [1.165, 1.54) is 16.8 Å². The highest BCUT2D eigenvalue weighted by Gasteiger charge is 2.39. The molecule has 1 saturated carbocycles. The van der Waals surface area contributed by atoms with Crippen LogP contribution >= 0.6 is 0 Å². The van der Waals surface area contributed by atoms with E-state index in [1.807, 2.05) is 0 Å². The zero-order valence-electron chi connectivity index (χ0n) is 22.4. The zero-order chi connectivity index (χ0) is 28.3. The summed E-state index contributed by atoms with van der Waals surface area (Å²) in [5, 5.41) is 10.4. The number of hydrogen-bond acceptors (Lipinski definition) is 8. The molecule has 3 rings (SSSR count). The van der Waals surface area contributed by atoms with Gasteiger partial charge in [-0.3, -0.25) is 4.79 Å². The van der Waals surface area contributed by atoms with Gasteiger partial charge >= 0.3 is 18.2 Å². The van der Waals surface area contributed by atoms with Crippen molar-refractivity contribution in [2.45, 2.75) is 90.8 Å². The Morgan fingerprint density at radius 1 is 1.18 bits per heavy atom. The molecule has 13 heteroatoms. The van der Waals surface area contributed by atoms with E-state index >= 15 is 0 Å². The number of carbonyl (C=O) groups excluding carboxylic acids is 2. The Kier molecular flexibility index (Phi) is 8.88. The van der Waals surface area contributed by atoms with E-state index in [-0.39, 0.29) is 36.4 Å². The van der Waals surface area contributed by atoms with Gasteiger partial charge in [-0.2, -0.15) is 13.2 Å². The van der Waals surface area contributed by atoms with E-state index in [0.29, 0.717) is 25.0 Å². The van der Waals surface area contributed by atoms with Gasteiger partial charge in [0.2, 0.25) is 0 Å². The number of hydrogen-bond donors (Lipinski definition) is 1. The number of carbonyl (C=O) groups is 2. The Morgan fingerprint density at radius 2 is 1.89 bits per heavy atom. The first kappa shape index (κ1) is 29.2. The van der Waals surface area contributed by atoms with Crippen LogP contribution in [0.5, 0.6) is 5.75 Å². The molecule has 2 aromatic heterocycles. The number of ether oxygens (including phenoxy) is 3. The number of alkyl halides is 3. The van der Waals surface area contributed by atoms with Gasteiger partial charge in [0.25, 0.3) is 0 Å². The SMILES string of the molecule is CC(C)OC(=O)[C@H]1CCC[C@H](Oc2ccc(-c3nnn(C)c3CNC(=O)OC(C)(C)C)nc2C(F)(F)F)C1. The Hall–Kier alpha value is -3.38. The van der Waals surface area contributed by atoms with Crippen LogP contribution in [0.15, 0.2) is 12.1 Å². The summed E-state index contributed by atoms with van der Waals surface area (Å²) in [4.78, 5) is 28.2. The predicted octanol–water partition coefficient (Wildman–Crippen LogP) is 4.81. The van der Waals surface area contributed by atoms with Crippen LogP contribution in [0.1, 0.15) is 71.7 Å². The summed E-state index contributed by atoms with van der Waals surface area (Å²) in [6.07, 6.45) is -4.38. The number of nitrogens with one attached hydrogen (secondary N) is 1. The third-order valence-corrected chi connectivity index (χ3v) is 5.72. The number of nitrogens with zero attached hydrogens (tertiary/aromatic N) is 4. The van der Waals surface area contributed by atoms with Crippen LogP contribution in [0, 0.1) is 5.92 Å². The lowest BCUT2D eigenvalue weighted by molar-refractivity contribution is -0.155. The van der Waals surface area contributed by atoms with Gasteiger partial charge in [-0.15, -0.1) is 5.10 Å². The average Bonchev–Trinajstić information content (AvgIpc) is 3.16. The van der Waals surface area contributed by atoms with Gasteiger partial charge in [-0.1, -0.05) is 5.21 Å². The molecule has 0 bridgehead atoms. The van der Waals surface area contributed by atoms with E-state index in [1.54, 1.807) is 41.7 Å². The molecule has 0 aliphatic heterocycles. The number of esters is 1. The van der Waals surface area contributed by atoms with Gasteiger partial charge in [0.1, 0.15) is 11.3 Å². The molecule has 2 heterocycles. The van der Waals surface area contributed by atoms with Crippen molar-refractivity contribution < 1.29 is 37.0 Å². The number of rotatable bonds is 7. The number of amides is 1. The van der Waals surface area contributed by atoms with Crippen molar-refractivity contribution in [3.8, 4) is 17.1 Å². The van der Waals surface area contributed by atoms with Crippen molar-refractivity contribution in [3.05, 3.63) is 23.5 Å². The summed E-state index contributed by atoms with van der Waals surface area (Å²) < 4.78 is 59.7. The second-order valence-electron chi connectivity index (χ2n) is 10.5. The highest BCUT2D eigenvalue weighted by atomic mass is 19.4. The molecule has 2 aromatic rings. The molecule has 0 saturated heterocycles. The third-order valence-electron chi connectivity index (χ3n) is 5.72. The normalized spacial score (nSPS) is 18.3. The summed E-state index contributed by atoms with van der Waals surface area (Å²) in [5.41, 5.74) is -1.60. The lowest BCUT2D eigenvalue weighted by atomic mass is 9.87. The Balaban J connectivity index is 1.82. The van der Waals surface area contributed by atoms with E-state index in [9.17, 15) is 22.8 Å². The molecule has 2 atom stereocenters. The first-order chi connectivity index (χ1) is 17.6. The zero-order valence-corrected chi connectivity index (χ0v) is 22.4. The molecule has 1 N–H and O–H groups in total. The van der Waals surface area contributed by atoms with Crippen molar-refractivity contribution in [3.63, 3.8) is 0 Å². The van der Waals surface area contributed by atoms with Crippen LogP contribution in [0.2, 0.25) is 0 Å². The minimum Gasteiger partial charge on any atom is -0.488 e. The number of aryl methyl sites for hydroxylation is 1. The maximum absolute atomic E-state index is 14.0. The van der Waals surface area contributed by atoms with Crippen molar-refractivity contribution in [2.24, 2.45) is 13.0 Å². The largest absolute Gasteiger partial charge is 0.488 e. The lowest BCUT2D eigenvalue weighted by Gasteiger charge is -2.29. The maximum Gasteiger partial charge on any atom is 0.437 e. The summed E-state index contributed by atoms with van der Waals surface area (Å²) in [5.74, 6) is -1.23. The molecule has 38 heavy (non-hydrogen) atoms. The summed E-state index contributed by atoms with van der Waals surface area (Å²) in [7, 11) is 1.55. The molecular weight excluding hydrogens is 507 g/mol. The number of aromatic nitrogens is 4. The van der Waals surface area contributed by atoms with Crippen molar-refractivity contribution in [1.82, 2.24) is 25.3 Å². The van der Waals surface area contributed by atoms with Gasteiger partial charge in [0.15, 0.2) is 11.4 Å². The quantitative estimate of drug-likeness (QED) is 0.497. The molecule has 1 aliphatic carbocycles. The summed E-state index contributed by atoms with van der Waals surface area (Å²) in [6, 6.07) is 2.56. The van der Waals surface area contributed by atoms with Crippen molar-refractivity contribution in [2.75, 3.05) is 0 Å². The summed E-state index contributed by atoms with van der Waals surface area (Å²) >= 11 is 0. The van der Waals surface area contributed by atoms with Gasteiger partial charge in [0.05, 0.1) is 36.1 Å². The molecule has 10 nitrogen and oxygen atoms in total.